The van der Waals surface area contributed by atoms with Crippen molar-refractivity contribution in [2.75, 3.05) is 0 Å². The lowest BCUT2D eigenvalue weighted by atomic mass is 10.2. The second-order valence-corrected chi connectivity index (χ2v) is 5.01. The number of aromatic nitrogens is 1. The number of phenolic OH excluding ortho intramolecular Hbond substituents is 1. The number of rotatable bonds is 2. The lowest BCUT2D eigenvalue weighted by Crippen LogP contribution is -1.79. The van der Waals surface area contributed by atoms with E-state index in [4.69, 9.17) is 0 Å². The molecule has 0 bridgehead atoms. The van der Waals surface area contributed by atoms with E-state index in [2.05, 4.69) is 31.1 Å². The maximum Gasteiger partial charge on any atom is 0.125 e. The molecule has 0 aliphatic carbocycles. The summed E-state index contributed by atoms with van der Waals surface area (Å²) in [5.41, 5.74) is 1.99. The number of hydrogen-bond donors (Lipinski definition) is 1. The molecule has 1 aromatic heterocycles. The first-order valence-corrected chi connectivity index (χ1v) is 6.78. The van der Waals surface area contributed by atoms with Crippen molar-refractivity contribution < 1.29 is 5.11 Å². The molecule has 0 fully saturated rings. The summed E-state index contributed by atoms with van der Waals surface area (Å²) >= 11 is 3.42. The summed E-state index contributed by atoms with van der Waals surface area (Å²) in [5, 5.41) is 18.9. The van der Waals surface area contributed by atoms with Crippen LogP contribution in [0.5, 0.6) is 5.75 Å². The fourth-order valence-corrected chi connectivity index (χ4v) is 2.23. The molecule has 3 aromatic rings. The molecular weight excluding hydrogens is 318 g/mol. The van der Waals surface area contributed by atoms with Crippen molar-refractivity contribution in [2.45, 2.75) is 0 Å². The first-order valence-electron chi connectivity index (χ1n) is 5.98. The molecule has 0 radical (unpaired) electrons. The van der Waals surface area contributed by atoms with E-state index in [1.165, 1.54) is 0 Å². The van der Waals surface area contributed by atoms with Gasteiger partial charge in [-0.25, -0.2) is 0 Å². The van der Waals surface area contributed by atoms with Gasteiger partial charge >= 0.3 is 0 Å². The molecule has 4 nitrogen and oxygen atoms in total. The number of azo groups is 1. The van der Waals surface area contributed by atoms with Gasteiger partial charge < -0.3 is 5.11 Å². The van der Waals surface area contributed by atoms with Crippen LogP contribution in [0.2, 0.25) is 0 Å². The summed E-state index contributed by atoms with van der Waals surface area (Å²) in [6, 6.07) is 14.5. The van der Waals surface area contributed by atoms with Crippen LogP contribution in [-0.4, -0.2) is 10.1 Å². The molecule has 3 rings (SSSR count). The van der Waals surface area contributed by atoms with Gasteiger partial charge in [-0.3, -0.25) is 4.98 Å². The Morgan fingerprint density at radius 3 is 2.55 bits per heavy atom. The van der Waals surface area contributed by atoms with E-state index < -0.39 is 0 Å². The van der Waals surface area contributed by atoms with Gasteiger partial charge in [0.25, 0.3) is 0 Å². The molecule has 0 spiro atoms. The van der Waals surface area contributed by atoms with Crippen molar-refractivity contribution in [1.82, 2.24) is 4.98 Å². The fraction of sp³-hybridized carbons (Fsp3) is 0. The second-order valence-electron chi connectivity index (χ2n) is 4.15. The normalized spacial score (nSPS) is 11.2. The van der Waals surface area contributed by atoms with Crippen molar-refractivity contribution in [2.24, 2.45) is 10.2 Å². The van der Waals surface area contributed by atoms with Crippen LogP contribution in [0, 0.1) is 0 Å². The third-order valence-corrected chi connectivity index (χ3v) is 3.51. The van der Waals surface area contributed by atoms with E-state index >= 15 is 0 Å². The van der Waals surface area contributed by atoms with Gasteiger partial charge in [-0.15, -0.1) is 10.2 Å². The lowest BCUT2D eigenvalue weighted by molar-refractivity contribution is 0.481. The zero-order chi connectivity index (χ0) is 13.9. The highest BCUT2D eigenvalue weighted by molar-refractivity contribution is 9.10. The molecule has 0 amide bonds. The van der Waals surface area contributed by atoms with Crippen LogP contribution in [0.1, 0.15) is 0 Å². The van der Waals surface area contributed by atoms with Crippen LogP contribution in [0.3, 0.4) is 0 Å². The van der Waals surface area contributed by atoms with Gasteiger partial charge in [-0.2, -0.15) is 0 Å². The molecule has 0 atom stereocenters. The van der Waals surface area contributed by atoms with E-state index in [-0.39, 0.29) is 5.75 Å². The fourth-order valence-electron chi connectivity index (χ4n) is 1.86. The highest BCUT2D eigenvalue weighted by Crippen LogP contribution is 2.32. The number of fused-ring (bicyclic) bond motifs is 1. The summed E-state index contributed by atoms with van der Waals surface area (Å²) in [4.78, 5) is 4.25. The van der Waals surface area contributed by atoms with Crippen molar-refractivity contribution >= 4 is 38.2 Å². The molecule has 0 saturated carbocycles. The average molecular weight is 328 g/mol. The summed E-state index contributed by atoms with van der Waals surface area (Å²) in [6.07, 6.45) is 1.67. The minimum Gasteiger partial charge on any atom is -0.507 e. The monoisotopic (exact) mass is 327 g/mol. The Labute approximate surface area is 123 Å². The number of hydrogen-bond acceptors (Lipinski definition) is 4. The van der Waals surface area contributed by atoms with Crippen LogP contribution in [0.25, 0.3) is 10.9 Å². The van der Waals surface area contributed by atoms with Crippen LogP contribution >= 0.6 is 15.9 Å². The molecule has 20 heavy (non-hydrogen) atoms. The minimum absolute atomic E-state index is 0.188. The van der Waals surface area contributed by atoms with Crippen molar-refractivity contribution in [3.8, 4) is 5.75 Å². The highest BCUT2D eigenvalue weighted by Gasteiger charge is 2.05. The van der Waals surface area contributed by atoms with Crippen molar-refractivity contribution in [3.05, 3.63) is 59.2 Å². The predicted molar refractivity (Wildman–Crippen MR) is 81.7 cm³/mol. The topological polar surface area (TPSA) is 57.8 Å². The number of phenols is 1. The Morgan fingerprint density at radius 1 is 0.900 bits per heavy atom. The standard InChI is InChI=1S/C15H10BrN3O/c16-11-5-1-2-6-12(11)18-19-13-7-8-14(20)10-4-3-9-17-15(10)13/h1-9,20H. The Balaban J connectivity index is 2.08. The van der Waals surface area contributed by atoms with Crippen LogP contribution in [0.4, 0.5) is 11.4 Å². The predicted octanol–water partition coefficient (Wildman–Crippen LogP) is 5.12. The van der Waals surface area contributed by atoms with Crippen LogP contribution in [0.15, 0.2) is 69.4 Å². The van der Waals surface area contributed by atoms with Crippen LogP contribution < -0.4 is 0 Å². The summed E-state index contributed by atoms with van der Waals surface area (Å²) in [6.45, 7) is 0. The third-order valence-electron chi connectivity index (χ3n) is 2.84. The quantitative estimate of drug-likeness (QED) is 0.664. The van der Waals surface area contributed by atoms with E-state index in [0.29, 0.717) is 16.6 Å². The van der Waals surface area contributed by atoms with Crippen molar-refractivity contribution in [3.63, 3.8) is 0 Å². The largest absolute Gasteiger partial charge is 0.507 e. The van der Waals surface area contributed by atoms with Gasteiger partial charge in [0.15, 0.2) is 0 Å². The smallest absolute Gasteiger partial charge is 0.125 e. The molecule has 2 aromatic carbocycles. The number of nitrogens with zero attached hydrogens (tertiary/aromatic N) is 3. The summed E-state index contributed by atoms with van der Waals surface area (Å²) in [7, 11) is 0. The van der Waals surface area contributed by atoms with E-state index in [1.807, 2.05) is 24.3 Å². The molecule has 1 heterocycles. The first-order chi connectivity index (χ1) is 9.75. The van der Waals surface area contributed by atoms with Gasteiger partial charge in [0.1, 0.15) is 17.0 Å². The molecule has 0 saturated heterocycles. The molecular formula is C15H10BrN3O. The molecule has 0 unspecified atom stereocenters. The Kier molecular flexibility index (Phi) is 3.43. The minimum atomic E-state index is 0.188. The zero-order valence-corrected chi connectivity index (χ0v) is 11.9. The van der Waals surface area contributed by atoms with Gasteiger partial charge in [-0.05, 0) is 52.3 Å². The maximum absolute atomic E-state index is 9.81. The SMILES string of the molecule is Oc1ccc(N=Nc2ccccc2Br)c2ncccc12. The van der Waals surface area contributed by atoms with Crippen molar-refractivity contribution in [1.29, 1.82) is 0 Å². The molecule has 5 heteroatoms. The second kappa shape index (κ2) is 5.38. The van der Waals surface area contributed by atoms with Gasteiger partial charge in [0, 0.05) is 16.1 Å². The molecule has 98 valence electrons. The van der Waals surface area contributed by atoms with Gasteiger partial charge in [0.2, 0.25) is 0 Å². The molecule has 1 N–H and O–H groups in total. The first kappa shape index (κ1) is 12.7. The molecule has 0 aliphatic heterocycles. The lowest BCUT2D eigenvalue weighted by Gasteiger charge is -2.02. The average Bonchev–Trinajstić information content (AvgIpc) is 2.48. The summed E-state index contributed by atoms with van der Waals surface area (Å²) in [5.74, 6) is 0.188. The number of aromatic hydroxyl groups is 1. The Morgan fingerprint density at radius 2 is 1.70 bits per heavy atom. The third kappa shape index (κ3) is 2.40. The van der Waals surface area contributed by atoms with Gasteiger partial charge in [0.05, 0.1) is 5.69 Å². The maximum atomic E-state index is 9.81. The van der Waals surface area contributed by atoms with E-state index in [1.54, 1.807) is 30.5 Å². The van der Waals surface area contributed by atoms with Gasteiger partial charge in [-0.1, -0.05) is 12.1 Å². The Hall–Kier alpha value is -2.27. The number of pyridine rings is 1. The Bertz CT molecular complexity index is 802. The summed E-state index contributed by atoms with van der Waals surface area (Å²) < 4.78 is 0.875. The highest BCUT2D eigenvalue weighted by atomic mass is 79.9. The van der Waals surface area contributed by atoms with E-state index in [0.717, 1.165) is 10.2 Å². The zero-order valence-electron chi connectivity index (χ0n) is 10.4. The van der Waals surface area contributed by atoms with E-state index in [9.17, 15) is 5.11 Å². The number of benzene rings is 2. The molecule has 0 aliphatic rings. The van der Waals surface area contributed by atoms with Crippen LogP contribution in [-0.2, 0) is 0 Å². The number of halogens is 1.